The van der Waals surface area contributed by atoms with Gasteiger partial charge in [0.15, 0.2) is 0 Å². The van der Waals surface area contributed by atoms with E-state index in [9.17, 15) is 10.2 Å². The van der Waals surface area contributed by atoms with Gasteiger partial charge in [0.2, 0.25) is 0 Å². The summed E-state index contributed by atoms with van der Waals surface area (Å²) >= 11 is 0. The van der Waals surface area contributed by atoms with Gasteiger partial charge in [-0.05, 0) is 81.5 Å². The average molecular weight is 399 g/mol. The molecule has 0 amide bonds. The molecule has 3 aliphatic carbocycles. The van der Waals surface area contributed by atoms with E-state index in [1.807, 2.05) is 0 Å². The summed E-state index contributed by atoms with van der Waals surface area (Å²) in [7, 11) is 0. The minimum atomic E-state index is -0.769. The van der Waals surface area contributed by atoms with Crippen molar-refractivity contribution >= 4 is 0 Å². The number of rotatable bonds is 5. The molecule has 5 rings (SSSR count). The van der Waals surface area contributed by atoms with Gasteiger partial charge in [-0.15, -0.1) is 0 Å². The van der Waals surface area contributed by atoms with Crippen LogP contribution in [0.1, 0.15) is 62.6 Å². The quantitative estimate of drug-likeness (QED) is 0.714. The number of aliphatic hydroxyl groups is 2. The highest BCUT2D eigenvalue weighted by Crippen LogP contribution is 2.58. The SMILES string of the molecule is Cc1ccc2c(c1)[C@]13CCN(CC4CC4)[C@H](C2)[C@]1(O)C[C@@H](NCC(C)C)[C@@H](O)C3. The Kier molecular flexibility index (Phi) is 4.86. The molecule has 0 aromatic heterocycles. The molecule has 5 atom stereocenters. The average Bonchev–Trinajstić information content (AvgIpc) is 3.47. The first-order valence-electron chi connectivity index (χ1n) is 11.8. The first kappa shape index (κ1) is 20.0. The van der Waals surface area contributed by atoms with Gasteiger partial charge in [-0.25, -0.2) is 0 Å². The second-order valence-electron chi connectivity index (χ2n) is 11.0. The number of benzene rings is 1. The second-order valence-corrected chi connectivity index (χ2v) is 11.0. The Morgan fingerprint density at radius 3 is 2.76 bits per heavy atom. The van der Waals surface area contributed by atoms with Crippen molar-refractivity contribution in [1.29, 1.82) is 0 Å². The van der Waals surface area contributed by atoms with E-state index in [-0.39, 0.29) is 17.5 Å². The van der Waals surface area contributed by atoms with Gasteiger partial charge in [-0.2, -0.15) is 0 Å². The zero-order chi connectivity index (χ0) is 20.4. The number of aliphatic hydroxyl groups excluding tert-OH is 1. The van der Waals surface area contributed by atoms with Crippen molar-refractivity contribution in [2.24, 2.45) is 11.8 Å². The number of piperidine rings is 1. The third-order valence-electron chi connectivity index (χ3n) is 8.37. The number of likely N-dealkylation sites (tertiary alicyclic amines) is 1. The standard InChI is InChI=1S/C25H38N2O2/c1-16(2)14-26-21-12-25(29)23-11-19-7-4-17(3)10-20(19)24(25,13-22(21)28)8-9-27(23)15-18-5-6-18/h4,7,10,16,18,21-23,26,28-29H,5-6,8-9,11-15H2,1-3H3/t21-,22+,23-,24-,25-/m1/s1. The predicted molar refractivity (Wildman–Crippen MR) is 116 cm³/mol. The molecule has 1 aliphatic heterocycles. The molecule has 4 heteroatoms. The third-order valence-corrected chi connectivity index (χ3v) is 8.37. The van der Waals surface area contributed by atoms with Crippen LogP contribution in [0, 0.1) is 18.8 Å². The summed E-state index contributed by atoms with van der Waals surface area (Å²) in [5.74, 6) is 1.36. The molecule has 4 aliphatic rings. The molecule has 160 valence electrons. The summed E-state index contributed by atoms with van der Waals surface area (Å²) in [6.45, 7) is 9.62. The largest absolute Gasteiger partial charge is 0.391 e. The molecular formula is C25H38N2O2. The third kappa shape index (κ3) is 3.18. The maximum absolute atomic E-state index is 12.5. The van der Waals surface area contributed by atoms with Gasteiger partial charge in [0, 0.05) is 24.0 Å². The fourth-order valence-corrected chi connectivity index (χ4v) is 6.65. The Morgan fingerprint density at radius 2 is 2.03 bits per heavy atom. The first-order chi connectivity index (χ1) is 13.8. The van der Waals surface area contributed by atoms with Gasteiger partial charge >= 0.3 is 0 Å². The normalized spacial score (nSPS) is 39.3. The van der Waals surface area contributed by atoms with Gasteiger partial charge in [0.05, 0.1) is 11.7 Å². The Bertz CT molecular complexity index is 776. The molecule has 1 heterocycles. The molecular weight excluding hydrogens is 360 g/mol. The van der Waals surface area contributed by atoms with Crippen molar-refractivity contribution in [3.8, 4) is 0 Å². The van der Waals surface area contributed by atoms with Gasteiger partial charge in [0.1, 0.15) is 0 Å². The lowest BCUT2D eigenvalue weighted by Crippen LogP contribution is -2.76. The van der Waals surface area contributed by atoms with E-state index in [1.165, 1.54) is 29.5 Å². The van der Waals surface area contributed by atoms with E-state index in [0.717, 1.165) is 38.4 Å². The van der Waals surface area contributed by atoms with Crippen LogP contribution in [0.4, 0.5) is 0 Å². The lowest BCUT2D eigenvalue weighted by atomic mass is 9.48. The van der Waals surface area contributed by atoms with Crippen LogP contribution in [-0.2, 0) is 11.8 Å². The maximum atomic E-state index is 12.5. The van der Waals surface area contributed by atoms with Crippen LogP contribution in [0.15, 0.2) is 18.2 Å². The molecule has 4 nitrogen and oxygen atoms in total. The van der Waals surface area contributed by atoms with Crippen LogP contribution in [0.25, 0.3) is 0 Å². The summed E-state index contributed by atoms with van der Waals surface area (Å²) in [5, 5.41) is 27.2. The number of hydrogen-bond donors (Lipinski definition) is 3. The van der Waals surface area contributed by atoms with Crippen molar-refractivity contribution in [3.05, 3.63) is 34.9 Å². The molecule has 1 aromatic carbocycles. The van der Waals surface area contributed by atoms with Crippen LogP contribution in [0.5, 0.6) is 0 Å². The van der Waals surface area contributed by atoms with E-state index in [0.29, 0.717) is 18.8 Å². The molecule has 3 N–H and O–H groups in total. The monoisotopic (exact) mass is 398 g/mol. The zero-order valence-electron chi connectivity index (χ0n) is 18.3. The zero-order valence-corrected chi connectivity index (χ0v) is 18.3. The van der Waals surface area contributed by atoms with Gasteiger partial charge in [-0.3, -0.25) is 4.90 Å². The van der Waals surface area contributed by atoms with Crippen molar-refractivity contribution in [1.82, 2.24) is 10.2 Å². The molecule has 1 saturated heterocycles. The number of hydrogen-bond acceptors (Lipinski definition) is 4. The minimum absolute atomic E-state index is 0.0229. The fraction of sp³-hybridized carbons (Fsp3) is 0.760. The molecule has 0 unspecified atom stereocenters. The highest BCUT2D eigenvalue weighted by molar-refractivity contribution is 5.47. The number of aryl methyl sites for hydroxylation is 1. The van der Waals surface area contributed by atoms with E-state index in [4.69, 9.17) is 0 Å². The van der Waals surface area contributed by atoms with Crippen molar-refractivity contribution in [2.75, 3.05) is 19.6 Å². The lowest BCUT2D eigenvalue weighted by Gasteiger charge is -2.65. The molecule has 1 aromatic rings. The number of nitrogens with one attached hydrogen (secondary N) is 1. The topological polar surface area (TPSA) is 55.7 Å². The smallest absolute Gasteiger partial charge is 0.0918 e. The predicted octanol–water partition coefficient (Wildman–Crippen LogP) is 2.77. The maximum Gasteiger partial charge on any atom is 0.0918 e. The molecule has 0 spiro atoms. The molecule has 2 saturated carbocycles. The summed E-state index contributed by atoms with van der Waals surface area (Å²) < 4.78 is 0. The summed E-state index contributed by atoms with van der Waals surface area (Å²) in [6, 6.07) is 6.96. The Morgan fingerprint density at radius 1 is 1.24 bits per heavy atom. The van der Waals surface area contributed by atoms with Gasteiger partial charge in [0.25, 0.3) is 0 Å². The Labute approximate surface area is 175 Å². The summed E-state index contributed by atoms with van der Waals surface area (Å²) in [4.78, 5) is 2.61. The number of nitrogens with zero attached hydrogens (tertiary/aromatic N) is 1. The minimum Gasteiger partial charge on any atom is -0.391 e. The van der Waals surface area contributed by atoms with Crippen LogP contribution < -0.4 is 5.32 Å². The first-order valence-corrected chi connectivity index (χ1v) is 11.8. The van der Waals surface area contributed by atoms with E-state index in [2.05, 4.69) is 49.2 Å². The van der Waals surface area contributed by atoms with E-state index in [1.54, 1.807) is 0 Å². The van der Waals surface area contributed by atoms with Crippen LogP contribution in [0.3, 0.4) is 0 Å². The van der Waals surface area contributed by atoms with Crippen LogP contribution in [0.2, 0.25) is 0 Å². The van der Waals surface area contributed by atoms with E-state index < -0.39 is 11.7 Å². The molecule has 29 heavy (non-hydrogen) atoms. The van der Waals surface area contributed by atoms with E-state index >= 15 is 0 Å². The summed E-state index contributed by atoms with van der Waals surface area (Å²) in [5.41, 5.74) is 2.89. The van der Waals surface area contributed by atoms with Crippen molar-refractivity contribution < 1.29 is 10.2 Å². The Hall–Kier alpha value is -0.940. The lowest BCUT2D eigenvalue weighted by molar-refractivity contribution is -0.190. The Balaban J connectivity index is 1.55. The molecule has 0 radical (unpaired) electrons. The van der Waals surface area contributed by atoms with Crippen molar-refractivity contribution in [3.63, 3.8) is 0 Å². The van der Waals surface area contributed by atoms with Crippen LogP contribution >= 0.6 is 0 Å². The summed E-state index contributed by atoms with van der Waals surface area (Å²) in [6.07, 6.45) is 5.50. The highest BCUT2D eigenvalue weighted by atomic mass is 16.3. The van der Waals surface area contributed by atoms with Crippen molar-refractivity contribution in [2.45, 2.75) is 88.5 Å². The highest BCUT2D eigenvalue weighted by Gasteiger charge is 2.66. The fourth-order valence-electron chi connectivity index (χ4n) is 6.65. The van der Waals surface area contributed by atoms with Crippen LogP contribution in [-0.4, -0.2) is 58.5 Å². The number of fused-ring (bicyclic) bond motifs is 1. The van der Waals surface area contributed by atoms with Gasteiger partial charge in [-0.1, -0.05) is 37.6 Å². The van der Waals surface area contributed by atoms with Gasteiger partial charge < -0.3 is 15.5 Å². The molecule has 2 bridgehead atoms. The second kappa shape index (κ2) is 7.05. The molecule has 3 fully saturated rings.